The molecular weight excluding hydrogens is 258 g/mol. The predicted molar refractivity (Wildman–Crippen MR) is 83.1 cm³/mol. The molecule has 0 amide bonds. The normalized spacial score (nSPS) is 27.0. The molecule has 2 heteroatoms. The van der Waals surface area contributed by atoms with Crippen LogP contribution in [0.5, 0.6) is 0 Å². The number of hydrogen-bond acceptors (Lipinski definition) is 2. The molecule has 2 aromatic carbocycles. The van der Waals surface area contributed by atoms with E-state index in [9.17, 15) is 4.79 Å². The summed E-state index contributed by atoms with van der Waals surface area (Å²) in [6, 6.07) is 18.9. The van der Waals surface area contributed by atoms with Gasteiger partial charge in [-0.3, -0.25) is 4.79 Å². The van der Waals surface area contributed by atoms with Gasteiger partial charge in [0.05, 0.1) is 6.04 Å². The van der Waals surface area contributed by atoms with Gasteiger partial charge in [0.1, 0.15) is 0 Å². The SMILES string of the molecule is O=C(C1Cc2ccccc2CN1)C1CC1c1ccccc1. The van der Waals surface area contributed by atoms with E-state index in [4.69, 9.17) is 0 Å². The Morgan fingerprint density at radius 1 is 0.952 bits per heavy atom. The summed E-state index contributed by atoms with van der Waals surface area (Å²) in [6.45, 7) is 0.815. The van der Waals surface area contributed by atoms with Crippen molar-refractivity contribution in [2.75, 3.05) is 0 Å². The first kappa shape index (κ1) is 12.8. The van der Waals surface area contributed by atoms with Crippen molar-refractivity contribution in [2.45, 2.75) is 31.3 Å². The largest absolute Gasteiger partial charge is 0.303 e. The van der Waals surface area contributed by atoms with E-state index in [1.54, 1.807) is 0 Å². The lowest BCUT2D eigenvalue weighted by Gasteiger charge is -2.25. The Morgan fingerprint density at radius 2 is 1.67 bits per heavy atom. The molecule has 1 aliphatic heterocycles. The van der Waals surface area contributed by atoms with Gasteiger partial charge in [-0.05, 0) is 35.4 Å². The van der Waals surface area contributed by atoms with Crippen molar-refractivity contribution in [1.82, 2.24) is 5.32 Å². The molecule has 2 nitrogen and oxygen atoms in total. The average molecular weight is 277 g/mol. The second-order valence-corrected chi connectivity index (χ2v) is 6.17. The highest BCUT2D eigenvalue weighted by atomic mass is 16.1. The Bertz CT molecular complexity index is 664. The number of Topliss-reactive ketones (excluding diaryl/α,β-unsaturated/α-hetero) is 1. The summed E-state index contributed by atoms with van der Waals surface area (Å²) >= 11 is 0. The van der Waals surface area contributed by atoms with Crippen molar-refractivity contribution in [1.29, 1.82) is 0 Å². The highest BCUT2D eigenvalue weighted by Gasteiger charge is 2.46. The van der Waals surface area contributed by atoms with Gasteiger partial charge >= 0.3 is 0 Å². The zero-order chi connectivity index (χ0) is 14.2. The number of benzene rings is 2. The number of carbonyl (C=O) groups is 1. The zero-order valence-electron chi connectivity index (χ0n) is 12.0. The third-order valence-corrected chi connectivity index (χ3v) is 4.81. The molecule has 106 valence electrons. The lowest BCUT2D eigenvalue weighted by Crippen LogP contribution is -2.42. The molecule has 3 unspecified atom stereocenters. The maximum Gasteiger partial charge on any atom is 0.153 e. The van der Waals surface area contributed by atoms with E-state index >= 15 is 0 Å². The number of hydrogen-bond donors (Lipinski definition) is 1. The molecule has 1 heterocycles. The van der Waals surface area contributed by atoms with Gasteiger partial charge in [-0.2, -0.15) is 0 Å². The maximum atomic E-state index is 12.7. The van der Waals surface area contributed by atoms with Crippen molar-refractivity contribution in [3.63, 3.8) is 0 Å². The van der Waals surface area contributed by atoms with E-state index in [1.807, 2.05) is 6.07 Å². The summed E-state index contributed by atoms with van der Waals surface area (Å²) in [5.74, 6) is 1.06. The van der Waals surface area contributed by atoms with Crippen LogP contribution in [0, 0.1) is 5.92 Å². The van der Waals surface area contributed by atoms with Crippen LogP contribution in [0.4, 0.5) is 0 Å². The molecular formula is C19H19NO. The van der Waals surface area contributed by atoms with Crippen LogP contribution in [-0.2, 0) is 17.8 Å². The van der Waals surface area contributed by atoms with Gasteiger partial charge in [-0.1, -0.05) is 54.6 Å². The van der Waals surface area contributed by atoms with Crippen LogP contribution in [0.25, 0.3) is 0 Å². The monoisotopic (exact) mass is 277 g/mol. The standard InChI is InChI=1S/C19H19NO/c21-19(17-11-16(17)13-6-2-1-3-7-13)18-10-14-8-4-5-9-15(14)12-20-18/h1-9,16-18,20H,10-12H2. The minimum atomic E-state index is -0.00128. The van der Waals surface area contributed by atoms with Crippen LogP contribution in [0.3, 0.4) is 0 Å². The molecule has 0 spiro atoms. The van der Waals surface area contributed by atoms with E-state index in [0.29, 0.717) is 11.7 Å². The third kappa shape index (κ3) is 2.40. The zero-order valence-corrected chi connectivity index (χ0v) is 12.0. The molecule has 2 aromatic rings. The van der Waals surface area contributed by atoms with E-state index < -0.39 is 0 Å². The van der Waals surface area contributed by atoms with Crippen LogP contribution in [0.1, 0.15) is 29.0 Å². The first-order valence-electron chi connectivity index (χ1n) is 7.72. The fourth-order valence-electron chi connectivity index (χ4n) is 3.49. The summed E-state index contributed by atoms with van der Waals surface area (Å²) in [5.41, 5.74) is 3.97. The molecule has 0 radical (unpaired) electrons. The van der Waals surface area contributed by atoms with Gasteiger partial charge in [0, 0.05) is 12.5 Å². The van der Waals surface area contributed by atoms with Gasteiger partial charge in [-0.15, -0.1) is 0 Å². The van der Waals surface area contributed by atoms with Gasteiger partial charge in [0.25, 0.3) is 0 Å². The first-order chi connectivity index (χ1) is 10.3. The van der Waals surface area contributed by atoms with Gasteiger partial charge in [0.2, 0.25) is 0 Å². The van der Waals surface area contributed by atoms with E-state index in [1.165, 1.54) is 16.7 Å². The van der Waals surface area contributed by atoms with Gasteiger partial charge < -0.3 is 5.32 Å². The Labute approximate surface area is 125 Å². The van der Waals surface area contributed by atoms with E-state index in [0.717, 1.165) is 19.4 Å². The lowest BCUT2D eigenvalue weighted by atomic mass is 9.91. The van der Waals surface area contributed by atoms with Crippen LogP contribution in [-0.4, -0.2) is 11.8 Å². The van der Waals surface area contributed by atoms with Gasteiger partial charge in [0.15, 0.2) is 5.78 Å². The molecule has 1 fully saturated rings. The molecule has 0 aromatic heterocycles. The molecule has 21 heavy (non-hydrogen) atoms. The Hall–Kier alpha value is -1.93. The molecule has 1 aliphatic carbocycles. The molecule has 0 saturated heterocycles. The van der Waals surface area contributed by atoms with E-state index in [-0.39, 0.29) is 12.0 Å². The molecule has 1 N–H and O–H groups in total. The highest BCUT2D eigenvalue weighted by molar-refractivity contribution is 5.90. The Morgan fingerprint density at radius 3 is 2.48 bits per heavy atom. The maximum absolute atomic E-state index is 12.7. The molecule has 3 atom stereocenters. The number of nitrogens with one attached hydrogen (secondary N) is 1. The van der Waals surface area contributed by atoms with Crippen molar-refractivity contribution < 1.29 is 4.79 Å². The highest BCUT2D eigenvalue weighted by Crippen LogP contribution is 2.48. The number of fused-ring (bicyclic) bond motifs is 1. The van der Waals surface area contributed by atoms with Crippen molar-refractivity contribution in [3.05, 3.63) is 71.3 Å². The molecule has 0 bridgehead atoms. The van der Waals surface area contributed by atoms with Crippen molar-refractivity contribution >= 4 is 5.78 Å². The Kier molecular flexibility index (Phi) is 3.12. The van der Waals surface area contributed by atoms with Crippen LogP contribution in [0.15, 0.2) is 54.6 Å². The third-order valence-electron chi connectivity index (χ3n) is 4.81. The average Bonchev–Trinajstić information content (AvgIpc) is 3.35. The first-order valence-corrected chi connectivity index (χ1v) is 7.72. The smallest absolute Gasteiger partial charge is 0.153 e. The van der Waals surface area contributed by atoms with Crippen LogP contribution >= 0.6 is 0 Å². The summed E-state index contributed by atoms with van der Waals surface area (Å²) in [7, 11) is 0. The van der Waals surface area contributed by atoms with Crippen molar-refractivity contribution in [2.24, 2.45) is 5.92 Å². The molecule has 2 aliphatic rings. The summed E-state index contributed by atoms with van der Waals surface area (Å²) in [5, 5.41) is 3.42. The van der Waals surface area contributed by atoms with Crippen LogP contribution in [0.2, 0.25) is 0 Å². The number of rotatable bonds is 3. The fourth-order valence-corrected chi connectivity index (χ4v) is 3.49. The summed E-state index contributed by atoms with van der Waals surface area (Å²) < 4.78 is 0. The van der Waals surface area contributed by atoms with E-state index in [2.05, 4.69) is 53.8 Å². The van der Waals surface area contributed by atoms with Crippen molar-refractivity contribution in [3.8, 4) is 0 Å². The molecule has 4 rings (SSSR count). The fraction of sp³-hybridized carbons (Fsp3) is 0.316. The Balaban J connectivity index is 1.46. The summed E-state index contributed by atoms with van der Waals surface area (Å²) in [6.07, 6.45) is 1.86. The quantitative estimate of drug-likeness (QED) is 0.934. The summed E-state index contributed by atoms with van der Waals surface area (Å²) in [4.78, 5) is 12.7. The number of ketones is 1. The minimum Gasteiger partial charge on any atom is -0.303 e. The number of carbonyl (C=O) groups excluding carboxylic acids is 1. The van der Waals surface area contributed by atoms with Crippen LogP contribution < -0.4 is 5.32 Å². The second kappa shape index (κ2) is 5.12. The molecule has 1 saturated carbocycles. The van der Waals surface area contributed by atoms with Gasteiger partial charge in [-0.25, -0.2) is 0 Å². The second-order valence-electron chi connectivity index (χ2n) is 6.17. The minimum absolute atomic E-state index is 0.00128. The predicted octanol–water partition coefficient (Wildman–Crippen LogP) is 3.07. The lowest BCUT2D eigenvalue weighted by molar-refractivity contribution is -0.122. The topological polar surface area (TPSA) is 29.1 Å².